The van der Waals surface area contributed by atoms with E-state index in [1.165, 1.54) is 24.1 Å². The lowest BCUT2D eigenvalue weighted by atomic mass is 10.2. The van der Waals surface area contributed by atoms with E-state index in [2.05, 4.69) is 0 Å². The van der Waals surface area contributed by atoms with E-state index in [0.717, 1.165) is 0 Å². The van der Waals surface area contributed by atoms with Crippen LogP contribution in [-0.2, 0) is 14.3 Å². The molecule has 0 aliphatic carbocycles. The van der Waals surface area contributed by atoms with Crippen molar-refractivity contribution in [2.75, 3.05) is 25.1 Å². The van der Waals surface area contributed by atoms with Crippen molar-refractivity contribution in [3.8, 4) is 11.5 Å². The Morgan fingerprint density at radius 1 is 1.23 bits per heavy atom. The molecule has 7 heteroatoms. The molecule has 0 atom stereocenters. The van der Waals surface area contributed by atoms with Gasteiger partial charge in [0.2, 0.25) is 0 Å². The van der Waals surface area contributed by atoms with Crippen LogP contribution in [0.5, 0.6) is 11.5 Å². The number of hydrogen-bond acceptors (Lipinski definition) is 6. The Hall–Kier alpha value is -2.44. The van der Waals surface area contributed by atoms with Gasteiger partial charge in [0.15, 0.2) is 0 Å². The zero-order valence-corrected chi connectivity index (χ0v) is 13.1. The van der Waals surface area contributed by atoms with Crippen molar-refractivity contribution in [3.63, 3.8) is 0 Å². The van der Waals surface area contributed by atoms with Crippen molar-refractivity contribution < 1.29 is 29.3 Å². The normalized spacial score (nSPS) is 10.9. The molecule has 0 aliphatic rings. The second kappa shape index (κ2) is 7.02. The number of carboxylic acids is 1. The highest BCUT2D eigenvalue weighted by molar-refractivity contribution is 5.82. The molecule has 0 aromatic heterocycles. The summed E-state index contributed by atoms with van der Waals surface area (Å²) in [6.45, 7) is 4.43. The van der Waals surface area contributed by atoms with Gasteiger partial charge >= 0.3 is 11.9 Å². The fraction of sp³-hybridized carbons (Fsp3) is 0.467. The highest BCUT2D eigenvalue weighted by atomic mass is 16.6. The predicted molar refractivity (Wildman–Crippen MR) is 80.4 cm³/mol. The molecule has 0 saturated heterocycles. The first kappa shape index (κ1) is 17.6. The first-order valence-electron chi connectivity index (χ1n) is 6.68. The lowest BCUT2D eigenvalue weighted by molar-refractivity contribution is -0.153. The maximum atomic E-state index is 11.9. The Morgan fingerprint density at radius 2 is 1.86 bits per heavy atom. The molecule has 0 heterocycles. The van der Waals surface area contributed by atoms with Gasteiger partial charge in [-0.15, -0.1) is 0 Å². The minimum atomic E-state index is -1.13. The number of anilines is 1. The lowest BCUT2D eigenvalue weighted by Gasteiger charge is -2.26. The molecule has 0 radical (unpaired) electrons. The average molecular weight is 311 g/mol. The molecular weight excluding hydrogens is 290 g/mol. The third kappa shape index (κ3) is 5.51. The van der Waals surface area contributed by atoms with Crippen molar-refractivity contribution in [1.82, 2.24) is 0 Å². The van der Waals surface area contributed by atoms with E-state index >= 15 is 0 Å². The van der Waals surface area contributed by atoms with Gasteiger partial charge in [-0.2, -0.15) is 0 Å². The van der Waals surface area contributed by atoms with Crippen molar-refractivity contribution >= 4 is 17.6 Å². The minimum absolute atomic E-state index is 0.177. The number of nitrogens with zero attached hydrogens (tertiary/aromatic N) is 1. The molecule has 0 fully saturated rings. The first-order valence-corrected chi connectivity index (χ1v) is 6.68. The fourth-order valence-corrected chi connectivity index (χ4v) is 1.82. The van der Waals surface area contributed by atoms with E-state index in [9.17, 15) is 14.7 Å². The number of phenolic OH excluding ortho intramolecular Hbond substituents is 1. The van der Waals surface area contributed by atoms with Crippen molar-refractivity contribution in [2.24, 2.45) is 0 Å². The molecular formula is C15H21NO6. The quantitative estimate of drug-likeness (QED) is 0.771. The Bertz CT molecular complexity index is 549. The van der Waals surface area contributed by atoms with Gasteiger partial charge in [0, 0.05) is 6.07 Å². The molecule has 0 amide bonds. The van der Waals surface area contributed by atoms with Crippen molar-refractivity contribution in [1.29, 1.82) is 0 Å². The Labute approximate surface area is 129 Å². The number of hydrogen-bond donors (Lipinski definition) is 2. The van der Waals surface area contributed by atoms with Gasteiger partial charge in [0.1, 0.15) is 30.2 Å². The molecule has 0 saturated carbocycles. The summed E-state index contributed by atoms with van der Waals surface area (Å²) >= 11 is 0. The lowest BCUT2D eigenvalue weighted by Crippen LogP contribution is -2.38. The van der Waals surface area contributed by atoms with Crippen LogP contribution in [0.3, 0.4) is 0 Å². The number of rotatable bonds is 6. The predicted octanol–water partition coefficient (Wildman–Crippen LogP) is 1.63. The molecule has 0 aliphatic heterocycles. The molecule has 0 unspecified atom stereocenters. The number of aromatic hydroxyl groups is 1. The SMILES string of the molecule is COc1ccc(N(CC(=O)O)CC(=O)OC(C)(C)C)c(O)c1. The molecule has 0 spiro atoms. The van der Waals surface area contributed by atoms with E-state index in [0.29, 0.717) is 5.75 Å². The molecule has 1 rings (SSSR count). The van der Waals surface area contributed by atoms with Crippen molar-refractivity contribution in [3.05, 3.63) is 18.2 Å². The van der Waals surface area contributed by atoms with Gasteiger partial charge in [-0.05, 0) is 32.9 Å². The number of carbonyl (C=O) groups excluding carboxylic acids is 1. The Morgan fingerprint density at radius 3 is 2.32 bits per heavy atom. The topological polar surface area (TPSA) is 96.3 Å². The third-order valence-corrected chi connectivity index (χ3v) is 2.59. The highest BCUT2D eigenvalue weighted by Gasteiger charge is 2.22. The van der Waals surface area contributed by atoms with Gasteiger partial charge in [-0.25, -0.2) is 0 Å². The first-order chi connectivity index (χ1) is 10.1. The van der Waals surface area contributed by atoms with Crippen LogP contribution in [0.15, 0.2) is 18.2 Å². The second-order valence-corrected chi connectivity index (χ2v) is 5.69. The number of carboxylic acid groups (broad SMARTS) is 1. The summed E-state index contributed by atoms with van der Waals surface area (Å²) in [7, 11) is 1.45. The zero-order valence-electron chi connectivity index (χ0n) is 13.1. The maximum absolute atomic E-state index is 11.9. The molecule has 22 heavy (non-hydrogen) atoms. The highest BCUT2D eigenvalue weighted by Crippen LogP contribution is 2.31. The number of esters is 1. The van der Waals surface area contributed by atoms with E-state index in [4.69, 9.17) is 14.6 Å². The third-order valence-electron chi connectivity index (χ3n) is 2.59. The van der Waals surface area contributed by atoms with Crippen LogP contribution in [0.1, 0.15) is 20.8 Å². The van der Waals surface area contributed by atoms with Gasteiger partial charge in [-0.3, -0.25) is 9.59 Å². The van der Waals surface area contributed by atoms with E-state index in [1.54, 1.807) is 26.8 Å². The standard InChI is InChI=1S/C15H21NO6/c1-15(2,3)22-14(20)9-16(8-13(18)19)11-6-5-10(21-4)7-12(11)17/h5-7,17H,8-9H2,1-4H3,(H,18,19). The van der Waals surface area contributed by atoms with Crippen LogP contribution in [0.25, 0.3) is 0 Å². The maximum Gasteiger partial charge on any atom is 0.326 e. The van der Waals surface area contributed by atoms with Gasteiger partial charge < -0.3 is 24.6 Å². The van der Waals surface area contributed by atoms with Gasteiger partial charge in [-0.1, -0.05) is 0 Å². The van der Waals surface area contributed by atoms with E-state index < -0.39 is 24.1 Å². The summed E-state index contributed by atoms with van der Waals surface area (Å²) in [4.78, 5) is 24.1. The number of phenols is 1. The fourth-order valence-electron chi connectivity index (χ4n) is 1.82. The zero-order chi connectivity index (χ0) is 16.9. The van der Waals surface area contributed by atoms with Gasteiger partial charge in [0.25, 0.3) is 0 Å². The Balaban J connectivity index is 2.98. The summed E-state index contributed by atoms with van der Waals surface area (Å²) in [5.41, 5.74) is -0.456. The van der Waals surface area contributed by atoms with Crippen LogP contribution < -0.4 is 9.64 Å². The van der Waals surface area contributed by atoms with Crippen LogP contribution in [0, 0.1) is 0 Å². The summed E-state index contributed by atoms with van der Waals surface area (Å²) in [6, 6.07) is 4.40. The van der Waals surface area contributed by atoms with Crippen LogP contribution >= 0.6 is 0 Å². The van der Waals surface area contributed by atoms with Crippen LogP contribution in [0.2, 0.25) is 0 Å². The Kier molecular flexibility index (Phi) is 5.62. The number of ether oxygens (including phenoxy) is 2. The number of benzene rings is 1. The summed E-state index contributed by atoms with van der Waals surface area (Å²) in [5, 5.41) is 19.0. The molecule has 7 nitrogen and oxygen atoms in total. The molecule has 1 aromatic carbocycles. The molecule has 122 valence electrons. The molecule has 0 bridgehead atoms. The summed E-state index contributed by atoms with van der Waals surface area (Å²) in [6.07, 6.45) is 0. The number of methoxy groups -OCH3 is 1. The molecule has 2 N–H and O–H groups in total. The van der Waals surface area contributed by atoms with Gasteiger partial charge in [0.05, 0.1) is 12.8 Å². The number of aliphatic carboxylic acids is 1. The van der Waals surface area contributed by atoms with Crippen molar-refractivity contribution in [2.45, 2.75) is 26.4 Å². The minimum Gasteiger partial charge on any atom is -0.506 e. The van der Waals surface area contributed by atoms with Crippen LogP contribution in [-0.4, -0.2) is 48.0 Å². The molecule has 1 aromatic rings. The van der Waals surface area contributed by atoms with Crippen LogP contribution in [0.4, 0.5) is 5.69 Å². The number of carbonyl (C=O) groups is 2. The van der Waals surface area contributed by atoms with E-state index in [-0.39, 0.29) is 18.0 Å². The summed E-state index contributed by atoms with van der Waals surface area (Å²) < 4.78 is 10.1. The smallest absolute Gasteiger partial charge is 0.326 e. The van der Waals surface area contributed by atoms with E-state index in [1.807, 2.05) is 0 Å². The monoisotopic (exact) mass is 311 g/mol. The average Bonchev–Trinajstić information content (AvgIpc) is 2.34. The summed E-state index contributed by atoms with van der Waals surface area (Å²) in [5.74, 6) is -1.46. The second-order valence-electron chi connectivity index (χ2n) is 5.69. The largest absolute Gasteiger partial charge is 0.506 e.